The first-order valence-corrected chi connectivity index (χ1v) is 9.84. The average Bonchev–Trinajstić information content (AvgIpc) is 3.08. The van der Waals surface area contributed by atoms with E-state index in [2.05, 4.69) is 25.6 Å². The molecule has 0 aliphatic rings. The molecule has 8 heteroatoms. The van der Waals surface area contributed by atoms with Gasteiger partial charge < -0.3 is 4.42 Å². The number of para-hydroxylation sites is 1. The van der Waals surface area contributed by atoms with Crippen molar-refractivity contribution < 1.29 is 17.2 Å². The van der Waals surface area contributed by atoms with Crippen LogP contribution in [0.2, 0.25) is 0 Å². The molecule has 1 heterocycles. The van der Waals surface area contributed by atoms with E-state index in [1.54, 1.807) is 42.5 Å². The van der Waals surface area contributed by atoms with Crippen LogP contribution in [0.25, 0.3) is 0 Å². The molecule has 0 saturated carbocycles. The second-order valence-corrected chi connectivity index (χ2v) is 7.97. The highest BCUT2D eigenvalue weighted by molar-refractivity contribution is 9.10. The fourth-order valence-corrected chi connectivity index (χ4v) is 3.37. The van der Waals surface area contributed by atoms with E-state index in [-0.39, 0.29) is 17.1 Å². The molecule has 1 N–H and O–H groups in total. The highest BCUT2D eigenvalue weighted by Gasteiger charge is 2.14. The number of rotatable bonds is 6. The van der Waals surface area contributed by atoms with Crippen molar-refractivity contribution in [2.75, 3.05) is 0 Å². The van der Waals surface area contributed by atoms with Gasteiger partial charge in [-0.1, -0.05) is 28.1 Å². The van der Waals surface area contributed by atoms with Gasteiger partial charge in [0.05, 0.1) is 23.3 Å². The van der Waals surface area contributed by atoms with E-state index >= 15 is 0 Å². The molecule has 5 nitrogen and oxygen atoms in total. The Labute approximate surface area is 158 Å². The van der Waals surface area contributed by atoms with Crippen molar-refractivity contribution >= 4 is 37.9 Å². The van der Waals surface area contributed by atoms with Gasteiger partial charge in [-0.15, -0.1) is 0 Å². The van der Waals surface area contributed by atoms with E-state index in [0.717, 1.165) is 4.47 Å². The molecule has 2 aromatic carbocycles. The van der Waals surface area contributed by atoms with Crippen LogP contribution in [0.15, 0.2) is 79.4 Å². The number of sulfonamides is 1. The minimum atomic E-state index is -3.64. The second-order valence-electron chi connectivity index (χ2n) is 5.29. The molecule has 0 fully saturated rings. The number of halogens is 2. The zero-order chi connectivity index (χ0) is 18.6. The van der Waals surface area contributed by atoms with Crippen LogP contribution >= 0.6 is 15.9 Å². The Hall–Kier alpha value is -2.29. The summed E-state index contributed by atoms with van der Waals surface area (Å²) in [7, 11) is -3.64. The fraction of sp³-hybridized carbons (Fsp3) is 0.0556. The Kier molecular flexibility index (Phi) is 5.65. The molecular weight excluding hydrogens is 423 g/mol. The molecule has 26 heavy (non-hydrogen) atoms. The molecule has 0 amide bonds. The quantitative estimate of drug-likeness (QED) is 0.581. The lowest BCUT2D eigenvalue weighted by molar-refractivity contribution is 0.494. The van der Waals surface area contributed by atoms with Crippen LogP contribution in [-0.4, -0.2) is 14.6 Å². The number of furan rings is 1. The third-order valence-corrected chi connectivity index (χ3v) is 5.37. The highest BCUT2D eigenvalue weighted by atomic mass is 79.9. The maximum Gasteiger partial charge on any atom is 0.240 e. The molecular formula is C18H14BrFN2O3S. The minimum absolute atomic E-state index is 0.00800. The second kappa shape index (κ2) is 7.94. The maximum atomic E-state index is 13.5. The molecule has 0 spiro atoms. The van der Waals surface area contributed by atoms with Crippen LogP contribution in [-0.2, 0) is 16.6 Å². The summed E-state index contributed by atoms with van der Waals surface area (Å²) in [4.78, 5) is 4.18. The lowest BCUT2D eigenvalue weighted by Gasteiger charge is -2.05. The molecule has 3 aromatic rings. The van der Waals surface area contributed by atoms with Crippen LogP contribution in [0.4, 0.5) is 10.1 Å². The molecule has 0 saturated heterocycles. The van der Waals surface area contributed by atoms with Gasteiger partial charge in [0.15, 0.2) is 0 Å². The van der Waals surface area contributed by atoms with Gasteiger partial charge in [0.1, 0.15) is 17.3 Å². The van der Waals surface area contributed by atoms with Gasteiger partial charge in [-0.3, -0.25) is 0 Å². The number of benzene rings is 2. The van der Waals surface area contributed by atoms with Crippen molar-refractivity contribution in [3.05, 3.63) is 82.5 Å². The Morgan fingerprint density at radius 3 is 2.54 bits per heavy atom. The van der Waals surface area contributed by atoms with Crippen molar-refractivity contribution in [1.29, 1.82) is 0 Å². The fourth-order valence-electron chi connectivity index (χ4n) is 2.11. The molecule has 0 aliphatic heterocycles. The maximum absolute atomic E-state index is 13.5. The third kappa shape index (κ3) is 4.66. The molecule has 0 unspecified atom stereocenters. The van der Waals surface area contributed by atoms with Gasteiger partial charge in [0.25, 0.3) is 0 Å². The number of hydrogen-bond acceptors (Lipinski definition) is 4. The topological polar surface area (TPSA) is 71.7 Å². The Morgan fingerprint density at radius 1 is 1.08 bits per heavy atom. The van der Waals surface area contributed by atoms with Crippen molar-refractivity contribution in [3.63, 3.8) is 0 Å². The van der Waals surface area contributed by atoms with Gasteiger partial charge in [-0.05, 0) is 48.5 Å². The molecule has 0 atom stereocenters. The van der Waals surface area contributed by atoms with E-state index in [1.807, 2.05) is 0 Å². The van der Waals surface area contributed by atoms with E-state index in [0.29, 0.717) is 11.5 Å². The van der Waals surface area contributed by atoms with E-state index in [4.69, 9.17) is 4.42 Å². The average molecular weight is 437 g/mol. The van der Waals surface area contributed by atoms with Crippen LogP contribution in [0.3, 0.4) is 0 Å². The van der Waals surface area contributed by atoms with Crippen molar-refractivity contribution in [2.45, 2.75) is 11.4 Å². The summed E-state index contributed by atoms with van der Waals surface area (Å²) >= 11 is 3.26. The number of nitrogens with zero attached hydrogens (tertiary/aromatic N) is 1. The summed E-state index contributed by atoms with van der Waals surface area (Å²) in [6.45, 7) is -0.00800. The van der Waals surface area contributed by atoms with Crippen LogP contribution in [0.1, 0.15) is 11.5 Å². The Morgan fingerprint density at radius 2 is 1.81 bits per heavy atom. The van der Waals surface area contributed by atoms with Gasteiger partial charge in [0, 0.05) is 4.47 Å². The molecule has 1 aromatic heterocycles. The van der Waals surface area contributed by atoms with Gasteiger partial charge in [-0.2, -0.15) is 0 Å². The Balaban J connectivity index is 1.65. The summed E-state index contributed by atoms with van der Waals surface area (Å²) in [6, 6.07) is 15.7. The van der Waals surface area contributed by atoms with E-state index in [1.165, 1.54) is 24.4 Å². The normalized spacial score (nSPS) is 11.9. The number of aliphatic imine (C=N–C) groups is 1. The summed E-state index contributed by atoms with van der Waals surface area (Å²) < 4.78 is 46.7. The van der Waals surface area contributed by atoms with Crippen molar-refractivity contribution in [3.8, 4) is 0 Å². The first kappa shape index (κ1) is 18.5. The molecule has 0 bridgehead atoms. The minimum Gasteiger partial charge on any atom is -0.459 e. The van der Waals surface area contributed by atoms with Crippen molar-refractivity contribution in [1.82, 2.24) is 4.72 Å². The van der Waals surface area contributed by atoms with Crippen LogP contribution in [0.5, 0.6) is 0 Å². The van der Waals surface area contributed by atoms with Gasteiger partial charge in [0.2, 0.25) is 10.0 Å². The van der Waals surface area contributed by atoms with Gasteiger partial charge in [-0.25, -0.2) is 22.5 Å². The smallest absolute Gasteiger partial charge is 0.240 e. The molecule has 3 rings (SSSR count). The first-order valence-electron chi connectivity index (χ1n) is 7.56. The van der Waals surface area contributed by atoms with E-state index < -0.39 is 15.8 Å². The standard InChI is InChI=1S/C18H14BrFN2O3S/c19-13-5-9-16(10-6-13)26(23,24)22-12-15-8-7-14(25-15)11-21-18-4-2-1-3-17(18)20/h1-11,22H,12H2. The molecule has 134 valence electrons. The van der Waals surface area contributed by atoms with Crippen LogP contribution < -0.4 is 4.72 Å². The zero-order valence-electron chi connectivity index (χ0n) is 13.4. The number of hydrogen-bond donors (Lipinski definition) is 1. The molecule has 0 radical (unpaired) electrons. The highest BCUT2D eigenvalue weighted by Crippen LogP contribution is 2.17. The molecule has 0 aliphatic carbocycles. The lowest BCUT2D eigenvalue weighted by atomic mass is 10.3. The lowest BCUT2D eigenvalue weighted by Crippen LogP contribution is -2.22. The van der Waals surface area contributed by atoms with Crippen molar-refractivity contribution in [2.24, 2.45) is 4.99 Å². The Bertz CT molecular complexity index is 1030. The summed E-state index contributed by atoms with van der Waals surface area (Å²) in [5.41, 5.74) is 0.196. The van der Waals surface area contributed by atoms with Crippen LogP contribution in [0, 0.1) is 5.82 Å². The SMILES string of the molecule is O=S(=O)(NCc1ccc(C=Nc2ccccc2F)o1)c1ccc(Br)cc1. The van der Waals surface area contributed by atoms with Gasteiger partial charge >= 0.3 is 0 Å². The largest absolute Gasteiger partial charge is 0.459 e. The predicted molar refractivity (Wildman–Crippen MR) is 101 cm³/mol. The first-order chi connectivity index (χ1) is 12.4. The zero-order valence-corrected chi connectivity index (χ0v) is 15.8. The van der Waals surface area contributed by atoms with E-state index in [9.17, 15) is 12.8 Å². The number of nitrogens with one attached hydrogen (secondary N) is 1. The summed E-state index contributed by atoms with van der Waals surface area (Å²) in [5.74, 6) is 0.379. The monoisotopic (exact) mass is 436 g/mol. The third-order valence-electron chi connectivity index (χ3n) is 3.43. The predicted octanol–water partition coefficient (Wildman–Crippen LogP) is 4.41. The summed E-state index contributed by atoms with van der Waals surface area (Å²) in [6.07, 6.45) is 1.38. The summed E-state index contributed by atoms with van der Waals surface area (Å²) in [5, 5.41) is 0.